The lowest BCUT2D eigenvalue weighted by Crippen LogP contribution is -2.42. The zero-order chi connectivity index (χ0) is 18.2. The number of amides is 2. The summed E-state index contributed by atoms with van der Waals surface area (Å²) in [4.78, 5) is 24.0. The first-order valence-corrected chi connectivity index (χ1v) is 7.51. The Bertz CT molecular complexity index is 744. The molecule has 25 heavy (non-hydrogen) atoms. The van der Waals surface area contributed by atoms with Crippen molar-refractivity contribution in [2.45, 2.75) is 6.42 Å². The molecule has 0 aliphatic carbocycles. The van der Waals surface area contributed by atoms with Gasteiger partial charge in [0, 0.05) is 5.56 Å². The zero-order valence-corrected chi connectivity index (χ0v) is 14.3. The van der Waals surface area contributed by atoms with E-state index < -0.39 is 5.91 Å². The molecule has 2 amide bonds. The normalized spacial score (nSPS) is 9.88. The Balaban J connectivity index is 1.90. The SMILES string of the molecule is COc1ccc(C(=O)NNC(=O)Cc2ccc(OC)c(OC)c2)cc1. The average molecular weight is 344 g/mol. The van der Waals surface area contributed by atoms with Crippen LogP contribution in [0.4, 0.5) is 0 Å². The zero-order valence-electron chi connectivity index (χ0n) is 14.3. The van der Waals surface area contributed by atoms with Crippen molar-refractivity contribution in [3.63, 3.8) is 0 Å². The van der Waals surface area contributed by atoms with Gasteiger partial charge in [-0.2, -0.15) is 0 Å². The molecule has 0 aliphatic rings. The Morgan fingerprint density at radius 3 is 2.12 bits per heavy atom. The van der Waals surface area contributed by atoms with Gasteiger partial charge in [0.05, 0.1) is 27.8 Å². The molecular weight excluding hydrogens is 324 g/mol. The number of benzene rings is 2. The molecule has 0 unspecified atom stereocenters. The Kier molecular flexibility index (Phi) is 6.22. The Morgan fingerprint density at radius 2 is 1.52 bits per heavy atom. The highest BCUT2D eigenvalue weighted by molar-refractivity contribution is 5.95. The summed E-state index contributed by atoms with van der Waals surface area (Å²) < 4.78 is 15.4. The summed E-state index contributed by atoms with van der Waals surface area (Å²) in [5.41, 5.74) is 5.89. The molecule has 0 bridgehead atoms. The van der Waals surface area contributed by atoms with E-state index in [-0.39, 0.29) is 12.3 Å². The Morgan fingerprint density at radius 1 is 0.840 bits per heavy atom. The minimum Gasteiger partial charge on any atom is -0.497 e. The number of ether oxygens (including phenoxy) is 3. The van der Waals surface area contributed by atoms with Gasteiger partial charge >= 0.3 is 0 Å². The number of hydrogen-bond donors (Lipinski definition) is 2. The van der Waals surface area contributed by atoms with E-state index in [1.165, 1.54) is 7.11 Å². The van der Waals surface area contributed by atoms with Crippen LogP contribution in [0.2, 0.25) is 0 Å². The van der Waals surface area contributed by atoms with Gasteiger partial charge in [0.2, 0.25) is 5.91 Å². The third kappa shape index (κ3) is 4.87. The van der Waals surface area contributed by atoms with Crippen LogP contribution in [-0.4, -0.2) is 33.1 Å². The molecule has 7 nitrogen and oxygen atoms in total. The first-order valence-electron chi connectivity index (χ1n) is 7.51. The van der Waals surface area contributed by atoms with Gasteiger partial charge in [-0.15, -0.1) is 0 Å². The number of nitrogens with one attached hydrogen (secondary N) is 2. The minimum atomic E-state index is -0.414. The summed E-state index contributed by atoms with van der Waals surface area (Å²) in [7, 11) is 4.61. The molecule has 7 heteroatoms. The van der Waals surface area contributed by atoms with E-state index in [4.69, 9.17) is 14.2 Å². The fourth-order valence-electron chi connectivity index (χ4n) is 2.16. The number of carbonyl (C=O) groups excluding carboxylic acids is 2. The van der Waals surface area contributed by atoms with Gasteiger partial charge in [-0.3, -0.25) is 20.4 Å². The molecule has 0 fully saturated rings. The first-order chi connectivity index (χ1) is 12.1. The van der Waals surface area contributed by atoms with E-state index in [0.29, 0.717) is 22.8 Å². The number of carbonyl (C=O) groups is 2. The second-order valence-electron chi connectivity index (χ2n) is 5.10. The summed E-state index contributed by atoms with van der Waals surface area (Å²) >= 11 is 0. The second-order valence-corrected chi connectivity index (χ2v) is 5.10. The molecule has 132 valence electrons. The molecule has 2 N–H and O–H groups in total. The van der Waals surface area contributed by atoms with Crippen molar-refractivity contribution in [2.24, 2.45) is 0 Å². The van der Waals surface area contributed by atoms with Crippen LogP contribution >= 0.6 is 0 Å². The van der Waals surface area contributed by atoms with Crippen molar-refractivity contribution in [1.29, 1.82) is 0 Å². The van der Waals surface area contributed by atoms with Crippen LogP contribution in [0.1, 0.15) is 15.9 Å². The van der Waals surface area contributed by atoms with Crippen LogP contribution in [0.15, 0.2) is 42.5 Å². The van der Waals surface area contributed by atoms with Crippen LogP contribution in [0.3, 0.4) is 0 Å². The predicted octanol–water partition coefficient (Wildman–Crippen LogP) is 1.72. The highest BCUT2D eigenvalue weighted by atomic mass is 16.5. The van der Waals surface area contributed by atoms with Crippen LogP contribution in [0.5, 0.6) is 17.2 Å². The Labute approximate surface area is 145 Å². The molecule has 2 aromatic rings. The van der Waals surface area contributed by atoms with Crippen molar-refractivity contribution in [3.8, 4) is 17.2 Å². The van der Waals surface area contributed by atoms with Crippen LogP contribution < -0.4 is 25.1 Å². The van der Waals surface area contributed by atoms with Crippen molar-refractivity contribution in [2.75, 3.05) is 21.3 Å². The smallest absolute Gasteiger partial charge is 0.269 e. The highest BCUT2D eigenvalue weighted by Gasteiger charge is 2.10. The molecule has 0 aliphatic heterocycles. The average Bonchev–Trinajstić information content (AvgIpc) is 2.66. The number of hydrazine groups is 1. The van der Waals surface area contributed by atoms with Gasteiger partial charge in [-0.1, -0.05) is 6.07 Å². The monoisotopic (exact) mass is 344 g/mol. The maximum atomic E-state index is 12.0. The highest BCUT2D eigenvalue weighted by Crippen LogP contribution is 2.27. The molecule has 0 heterocycles. The van der Waals surface area contributed by atoms with Crippen molar-refractivity contribution >= 4 is 11.8 Å². The molecule has 2 aromatic carbocycles. The first kappa shape index (κ1) is 18.1. The number of hydrogen-bond acceptors (Lipinski definition) is 5. The molecule has 0 radical (unpaired) electrons. The van der Waals surface area contributed by atoms with Gasteiger partial charge in [-0.05, 0) is 42.0 Å². The molecule has 0 saturated heterocycles. The minimum absolute atomic E-state index is 0.0866. The largest absolute Gasteiger partial charge is 0.497 e. The van der Waals surface area contributed by atoms with Crippen molar-refractivity contribution in [3.05, 3.63) is 53.6 Å². The summed E-state index contributed by atoms with van der Waals surface area (Å²) in [5, 5.41) is 0. The van der Waals surface area contributed by atoms with E-state index >= 15 is 0 Å². The van der Waals surface area contributed by atoms with Crippen molar-refractivity contribution < 1.29 is 23.8 Å². The number of rotatable bonds is 6. The summed E-state index contributed by atoms with van der Waals surface area (Å²) in [6, 6.07) is 11.7. The topological polar surface area (TPSA) is 85.9 Å². The molecule has 0 atom stereocenters. The fourth-order valence-corrected chi connectivity index (χ4v) is 2.16. The van der Waals surface area contributed by atoms with Crippen molar-refractivity contribution in [1.82, 2.24) is 10.9 Å². The number of methoxy groups -OCH3 is 3. The molecule has 0 aromatic heterocycles. The molecule has 2 rings (SSSR count). The van der Waals surface area contributed by atoms with Gasteiger partial charge in [0.15, 0.2) is 11.5 Å². The van der Waals surface area contributed by atoms with Gasteiger partial charge < -0.3 is 14.2 Å². The lowest BCUT2D eigenvalue weighted by Gasteiger charge is -2.10. The maximum Gasteiger partial charge on any atom is 0.269 e. The standard InChI is InChI=1S/C18H20N2O5/c1-23-14-7-5-13(6-8-14)18(22)20-19-17(21)11-12-4-9-15(24-2)16(10-12)25-3/h4-10H,11H2,1-3H3,(H,19,21)(H,20,22). The predicted molar refractivity (Wildman–Crippen MR) is 91.9 cm³/mol. The maximum absolute atomic E-state index is 12.0. The van der Waals surface area contributed by atoms with Crippen LogP contribution in [-0.2, 0) is 11.2 Å². The van der Waals surface area contributed by atoms with Crippen LogP contribution in [0, 0.1) is 0 Å². The third-order valence-corrected chi connectivity index (χ3v) is 3.48. The van der Waals surface area contributed by atoms with E-state index in [0.717, 1.165) is 5.56 Å². The lowest BCUT2D eigenvalue weighted by atomic mass is 10.1. The molecule has 0 spiro atoms. The lowest BCUT2D eigenvalue weighted by molar-refractivity contribution is -0.121. The molecule has 0 saturated carbocycles. The van der Waals surface area contributed by atoms with Gasteiger partial charge in [0.25, 0.3) is 5.91 Å². The van der Waals surface area contributed by atoms with Gasteiger partial charge in [-0.25, -0.2) is 0 Å². The van der Waals surface area contributed by atoms with E-state index in [9.17, 15) is 9.59 Å². The van der Waals surface area contributed by atoms with Crippen LogP contribution in [0.25, 0.3) is 0 Å². The van der Waals surface area contributed by atoms with E-state index in [2.05, 4.69) is 10.9 Å². The van der Waals surface area contributed by atoms with E-state index in [1.54, 1.807) is 56.7 Å². The third-order valence-electron chi connectivity index (χ3n) is 3.48. The summed E-state index contributed by atoms with van der Waals surface area (Å²) in [5.74, 6) is 1.00. The van der Waals surface area contributed by atoms with Gasteiger partial charge in [0.1, 0.15) is 5.75 Å². The quantitative estimate of drug-likeness (QED) is 0.779. The molecular formula is C18H20N2O5. The van der Waals surface area contributed by atoms with E-state index in [1.807, 2.05) is 0 Å². The summed E-state index contributed by atoms with van der Waals surface area (Å²) in [6.07, 6.45) is 0.0866. The Hall–Kier alpha value is -3.22. The second kappa shape index (κ2) is 8.58. The summed E-state index contributed by atoms with van der Waals surface area (Å²) in [6.45, 7) is 0. The fraction of sp³-hybridized carbons (Fsp3) is 0.222.